The molecule has 1 rings (SSSR count). The lowest BCUT2D eigenvalue weighted by Gasteiger charge is -2.42. The minimum absolute atomic E-state index is 0.591. The summed E-state index contributed by atoms with van der Waals surface area (Å²) in [5, 5.41) is 3.73. The Labute approximate surface area is 113 Å². The lowest BCUT2D eigenvalue weighted by Crippen LogP contribution is -2.58. The van der Waals surface area contributed by atoms with E-state index in [1.54, 1.807) is 7.11 Å². The molecule has 18 heavy (non-hydrogen) atoms. The van der Waals surface area contributed by atoms with Crippen molar-refractivity contribution in [3.8, 4) is 0 Å². The predicted molar refractivity (Wildman–Crippen MR) is 77.1 cm³/mol. The molecule has 0 aromatic carbocycles. The number of likely N-dealkylation sites (N-methyl/N-ethyl adjacent to an activating group) is 2. The minimum atomic E-state index is 0.591. The summed E-state index contributed by atoms with van der Waals surface area (Å²) in [5.41, 5.74) is 0. The molecule has 0 spiro atoms. The Bertz CT molecular complexity index is 213. The number of hydrogen-bond acceptors (Lipinski definition) is 4. The van der Waals surface area contributed by atoms with Crippen molar-refractivity contribution in [3.05, 3.63) is 0 Å². The summed E-state index contributed by atoms with van der Waals surface area (Å²) in [6.07, 6.45) is 3.55. The Balaban J connectivity index is 2.49. The summed E-state index contributed by atoms with van der Waals surface area (Å²) in [7, 11) is 6.27. The Morgan fingerprint density at radius 1 is 1.33 bits per heavy atom. The standard InChI is InChI=1S/C14H31N3O/c1-5-8-15-13(7-6-11-18-4)14-12-16(2)9-10-17(14)3/h13-15H,5-12H2,1-4H3. The van der Waals surface area contributed by atoms with Gasteiger partial charge in [-0.1, -0.05) is 6.92 Å². The van der Waals surface area contributed by atoms with Gasteiger partial charge in [-0.3, -0.25) is 4.90 Å². The number of ether oxygens (including phenoxy) is 1. The molecule has 0 bridgehead atoms. The molecule has 0 amide bonds. The van der Waals surface area contributed by atoms with Crippen LogP contribution in [0.3, 0.4) is 0 Å². The summed E-state index contributed by atoms with van der Waals surface area (Å²) >= 11 is 0. The summed E-state index contributed by atoms with van der Waals surface area (Å²) < 4.78 is 5.18. The van der Waals surface area contributed by atoms with E-state index in [2.05, 4.69) is 36.1 Å². The molecule has 1 aliphatic rings. The molecule has 0 saturated carbocycles. The summed E-state index contributed by atoms with van der Waals surface area (Å²) in [6.45, 7) is 7.75. The van der Waals surface area contributed by atoms with E-state index in [0.29, 0.717) is 12.1 Å². The van der Waals surface area contributed by atoms with Crippen LogP contribution in [-0.4, -0.2) is 75.9 Å². The summed E-state index contributed by atoms with van der Waals surface area (Å²) in [5.74, 6) is 0. The average molecular weight is 257 g/mol. The fourth-order valence-electron chi connectivity index (χ4n) is 2.69. The van der Waals surface area contributed by atoms with Crippen LogP contribution in [0.2, 0.25) is 0 Å². The van der Waals surface area contributed by atoms with E-state index in [-0.39, 0.29) is 0 Å². The van der Waals surface area contributed by atoms with E-state index in [1.807, 2.05) is 0 Å². The van der Waals surface area contributed by atoms with Crippen molar-refractivity contribution in [1.82, 2.24) is 15.1 Å². The van der Waals surface area contributed by atoms with Gasteiger partial charge < -0.3 is 15.0 Å². The van der Waals surface area contributed by atoms with Crippen molar-refractivity contribution in [2.45, 2.75) is 38.3 Å². The largest absolute Gasteiger partial charge is 0.385 e. The van der Waals surface area contributed by atoms with Gasteiger partial charge in [0.1, 0.15) is 0 Å². The first-order chi connectivity index (χ1) is 8.69. The zero-order valence-electron chi connectivity index (χ0n) is 12.6. The van der Waals surface area contributed by atoms with Gasteiger partial charge in [-0.2, -0.15) is 0 Å². The molecule has 1 fully saturated rings. The molecule has 4 nitrogen and oxygen atoms in total. The van der Waals surface area contributed by atoms with Crippen LogP contribution in [0, 0.1) is 0 Å². The fourth-order valence-corrected chi connectivity index (χ4v) is 2.69. The van der Waals surface area contributed by atoms with Crippen LogP contribution < -0.4 is 5.32 Å². The number of nitrogens with one attached hydrogen (secondary N) is 1. The smallest absolute Gasteiger partial charge is 0.0462 e. The maximum absolute atomic E-state index is 5.18. The molecule has 0 aliphatic carbocycles. The van der Waals surface area contributed by atoms with Gasteiger partial charge in [0, 0.05) is 45.4 Å². The van der Waals surface area contributed by atoms with Crippen LogP contribution in [0.4, 0.5) is 0 Å². The Hall–Kier alpha value is -0.160. The Kier molecular flexibility index (Phi) is 7.82. The normalized spacial score (nSPS) is 24.3. The second-order valence-electron chi connectivity index (χ2n) is 5.51. The highest BCUT2D eigenvalue weighted by atomic mass is 16.5. The third-order valence-corrected chi connectivity index (χ3v) is 3.88. The molecule has 1 heterocycles. The van der Waals surface area contributed by atoms with Crippen molar-refractivity contribution < 1.29 is 4.74 Å². The van der Waals surface area contributed by atoms with Crippen LogP contribution in [0.1, 0.15) is 26.2 Å². The van der Waals surface area contributed by atoms with Gasteiger partial charge in [-0.25, -0.2) is 0 Å². The first kappa shape index (κ1) is 15.9. The zero-order valence-corrected chi connectivity index (χ0v) is 12.6. The molecule has 0 aromatic rings. The van der Waals surface area contributed by atoms with Crippen molar-refractivity contribution in [2.75, 3.05) is 54.0 Å². The van der Waals surface area contributed by atoms with Gasteiger partial charge in [0.15, 0.2) is 0 Å². The van der Waals surface area contributed by atoms with Crippen molar-refractivity contribution in [2.24, 2.45) is 0 Å². The monoisotopic (exact) mass is 257 g/mol. The molecule has 0 radical (unpaired) electrons. The molecular weight excluding hydrogens is 226 g/mol. The van der Waals surface area contributed by atoms with Gasteiger partial charge in [0.25, 0.3) is 0 Å². The molecule has 2 unspecified atom stereocenters. The van der Waals surface area contributed by atoms with E-state index in [0.717, 1.165) is 19.6 Å². The van der Waals surface area contributed by atoms with Crippen LogP contribution in [-0.2, 0) is 4.74 Å². The number of nitrogens with zero attached hydrogens (tertiary/aromatic N) is 2. The van der Waals surface area contributed by atoms with Gasteiger partial charge in [0.2, 0.25) is 0 Å². The van der Waals surface area contributed by atoms with E-state index in [1.165, 1.54) is 32.5 Å². The van der Waals surface area contributed by atoms with Gasteiger partial charge >= 0.3 is 0 Å². The number of rotatable bonds is 8. The van der Waals surface area contributed by atoms with Crippen LogP contribution in [0.15, 0.2) is 0 Å². The maximum atomic E-state index is 5.18. The predicted octanol–water partition coefficient (Wildman–Crippen LogP) is 1.03. The highest BCUT2D eigenvalue weighted by molar-refractivity contribution is 4.88. The van der Waals surface area contributed by atoms with E-state index < -0.39 is 0 Å². The second-order valence-corrected chi connectivity index (χ2v) is 5.51. The molecule has 2 atom stereocenters. The first-order valence-corrected chi connectivity index (χ1v) is 7.30. The molecule has 0 aromatic heterocycles. The average Bonchev–Trinajstić information content (AvgIpc) is 2.37. The topological polar surface area (TPSA) is 27.7 Å². The molecule has 1 N–H and O–H groups in total. The van der Waals surface area contributed by atoms with Crippen molar-refractivity contribution >= 4 is 0 Å². The van der Waals surface area contributed by atoms with Crippen LogP contribution >= 0.6 is 0 Å². The molecule has 1 aliphatic heterocycles. The van der Waals surface area contributed by atoms with E-state index in [4.69, 9.17) is 4.74 Å². The fraction of sp³-hybridized carbons (Fsp3) is 1.00. The van der Waals surface area contributed by atoms with E-state index >= 15 is 0 Å². The highest BCUT2D eigenvalue weighted by Gasteiger charge is 2.28. The third-order valence-electron chi connectivity index (χ3n) is 3.88. The van der Waals surface area contributed by atoms with Gasteiger partial charge in [0.05, 0.1) is 0 Å². The second kappa shape index (κ2) is 8.86. The lowest BCUT2D eigenvalue weighted by molar-refractivity contribution is 0.0814. The Morgan fingerprint density at radius 3 is 2.78 bits per heavy atom. The Morgan fingerprint density at radius 2 is 2.11 bits per heavy atom. The maximum Gasteiger partial charge on any atom is 0.0462 e. The van der Waals surface area contributed by atoms with E-state index in [9.17, 15) is 0 Å². The quantitative estimate of drug-likeness (QED) is 0.657. The highest BCUT2D eigenvalue weighted by Crippen LogP contribution is 2.14. The number of hydrogen-bond donors (Lipinski definition) is 1. The summed E-state index contributed by atoms with van der Waals surface area (Å²) in [4.78, 5) is 4.96. The van der Waals surface area contributed by atoms with Gasteiger partial charge in [-0.05, 0) is 39.9 Å². The first-order valence-electron chi connectivity index (χ1n) is 7.30. The molecule has 108 valence electrons. The zero-order chi connectivity index (χ0) is 13.4. The molecule has 4 heteroatoms. The number of piperazine rings is 1. The van der Waals surface area contributed by atoms with Crippen molar-refractivity contribution in [3.63, 3.8) is 0 Å². The molecular formula is C14H31N3O. The third kappa shape index (κ3) is 5.22. The van der Waals surface area contributed by atoms with Crippen molar-refractivity contribution in [1.29, 1.82) is 0 Å². The SMILES string of the molecule is CCCNC(CCCOC)C1CN(C)CCN1C. The summed E-state index contributed by atoms with van der Waals surface area (Å²) in [6, 6.07) is 1.22. The molecule has 1 saturated heterocycles. The minimum Gasteiger partial charge on any atom is -0.385 e. The number of methoxy groups -OCH3 is 1. The van der Waals surface area contributed by atoms with Crippen LogP contribution in [0.5, 0.6) is 0 Å². The van der Waals surface area contributed by atoms with Gasteiger partial charge in [-0.15, -0.1) is 0 Å². The lowest BCUT2D eigenvalue weighted by atomic mass is 9.99. The van der Waals surface area contributed by atoms with Crippen LogP contribution in [0.25, 0.3) is 0 Å².